The first kappa shape index (κ1) is 12.9. The fourth-order valence-corrected chi connectivity index (χ4v) is 1.92. The second kappa shape index (κ2) is 5.80. The summed E-state index contributed by atoms with van der Waals surface area (Å²) < 4.78 is 11.4. The molecule has 0 aliphatic carbocycles. The Balaban J connectivity index is 2.47. The van der Waals surface area contributed by atoms with Crippen LogP contribution in [0.2, 0.25) is 0 Å². The second-order valence-electron chi connectivity index (χ2n) is 4.72. The van der Waals surface area contributed by atoms with Crippen molar-refractivity contribution in [2.24, 2.45) is 5.84 Å². The molecule has 4 nitrogen and oxygen atoms in total. The van der Waals surface area contributed by atoms with Crippen LogP contribution in [0.4, 0.5) is 0 Å². The van der Waals surface area contributed by atoms with Crippen molar-refractivity contribution in [3.05, 3.63) is 0 Å². The molecule has 1 rings (SSSR count). The minimum atomic E-state index is -0.179. The van der Waals surface area contributed by atoms with Gasteiger partial charge in [-0.1, -0.05) is 0 Å². The highest BCUT2D eigenvalue weighted by atomic mass is 16.5. The van der Waals surface area contributed by atoms with E-state index in [2.05, 4.69) is 12.3 Å². The molecule has 3 N–H and O–H groups in total. The number of nitrogens with two attached hydrogens (primary N) is 1. The monoisotopic (exact) mass is 216 g/mol. The lowest BCUT2D eigenvalue weighted by Gasteiger charge is -2.40. The molecule has 2 atom stereocenters. The van der Waals surface area contributed by atoms with Crippen molar-refractivity contribution in [1.82, 2.24) is 5.43 Å². The van der Waals surface area contributed by atoms with Gasteiger partial charge in [-0.2, -0.15) is 0 Å². The van der Waals surface area contributed by atoms with E-state index in [1.807, 2.05) is 13.8 Å². The van der Waals surface area contributed by atoms with Gasteiger partial charge in [0, 0.05) is 6.61 Å². The zero-order valence-electron chi connectivity index (χ0n) is 10.1. The Morgan fingerprint density at radius 2 is 2.20 bits per heavy atom. The number of nitrogens with one attached hydrogen (secondary N) is 1. The van der Waals surface area contributed by atoms with Gasteiger partial charge in [0.05, 0.1) is 24.4 Å². The van der Waals surface area contributed by atoms with Gasteiger partial charge in [-0.25, -0.2) is 0 Å². The molecule has 0 bridgehead atoms. The van der Waals surface area contributed by atoms with Crippen LogP contribution in [0.15, 0.2) is 0 Å². The van der Waals surface area contributed by atoms with Crippen molar-refractivity contribution < 1.29 is 9.47 Å². The standard InChI is InChI=1S/C11H24N2O2/c1-9(2)14-8-10(13-12)11(3)6-4-5-7-15-11/h9-10,13H,4-8,12H2,1-3H3. The lowest BCUT2D eigenvalue weighted by Crippen LogP contribution is -2.57. The normalized spacial score (nSPS) is 29.4. The molecule has 2 unspecified atom stereocenters. The maximum atomic E-state index is 5.83. The quantitative estimate of drug-likeness (QED) is 0.535. The van der Waals surface area contributed by atoms with Crippen LogP contribution in [0.25, 0.3) is 0 Å². The predicted octanol–water partition coefficient (Wildman–Crippen LogP) is 1.20. The van der Waals surface area contributed by atoms with E-state index in [9.17, 15) is 0 Å². The largest absolute Gasteiger partial charge is 0.377 e. The van der Waals surface area contributed by atoms with E-state index in [0.717, 1.165) is 19.4 Å². The van der Waals surface area contributed by atoms with Crippen molar-refractivity contribution in [2.75, 3.05) is 13.2 Å². The number of hydrogen-bond donors (Lipinski definition) is 2. The molecular weight excluding hydrogens is 192 g/mol. The fraction of sp³-hybridized carbons (Fsp3) is 1.00. The summed E-state index contributed by atoms with van der Waals surface area (Å²) in [5.74, 6) is 5.57. The molecule has 0 saturated carbocycles. The molecule has 0 aromatic carbocycles. The van der Waals surface area contributed by atoms with E-state index in [1.165, 1.54) is 6.42 Å². The van der Waals surface area contributed by atoms with Crippen molar-refractivity contribution in [1.29, 1.82) is 0 Å². The maximum absolute atomic E-state index is 5.83. The number of ether oxygens (including phenoxy) is 2. The van der Waals surface area contributed by atoms with Crippen LogP contribution in [0.1, 0.15) is 40.0 Å². The Labute approximate surface area is 92.5 Å². The molecular formula is C11H24N2O2. The van der Waals surface area contributed by atoms with Crippen molar-refractivity contribution in [3.8, 4) is 0 Å². The molecule has 0 amide bonds. The molecule has 90 valence electrons. The number of rotatable bonds is 5. The van der Waals surface area contributed by atoms with Crippen LogP contribution in [0.3, 0.4) is 0 Å². The Kier molecular flexibility index (Phi) is 4.99. The zero-order chi connectivity index (χ0) is 11.3. The van der Waals surface area contributed by atoms with Gasteiger partial charge in [0.25, 0.3) is 0 Å². The van der Waals surface area contributed by atoms with E-state index >= 15 is 0 Å². The molecule has 4 heteroatoms. The first-order valence-electron chi connectivity index (χ1n) is 5.80. The topological polar surface area (TPSA) is 56.5 Å². The first-order chi connectivity index (χ1) is 7.08. The van der Waals surface area contributed by atoms with Crippen LogP contribution in [-0.4, -0.2) is 31.0 Å². The minimum Gasteiger partial charge on any atom is -0.377 e. The Hall–Kier alpha value is -0.160. The highest BCUT2D eigenvalue weighted by molar-refractivity contribution is 4.90. The lowest BCUT2D eigenvalue weighted by molar-refractivity contribution is -0.108. The first-order valence-corrected chi connectivity index (χ1v) is 5.80. The van der Waals surface area contributed by atoms with Gasteiger partial charge in [0.2, 0.25) is 0 Å². The molecule has 0 aromatic rings. The van der Waals surface area contributed by atoms with Crippen LogP contribution in [0, 0.1) is 0 Å². The highest BCUT2D eigenvalue weighted by Crippen LogP contribution is 2.27. The van der Waals surface area contributed by atoms with Gasteiger partial charge in [0.1, 0.15) is 0 Å². The van der Waals surface area contributed by atoms with Gasteiger partial charge < -0.3 is 9.47 Å². The van der Waals surface area contributed by atoms with E-state index in [-0.39, 0.29) is 17.7 Å². The van der Waals surface area contributed by atoms with Crippen molar-refractivity contribution in [2.45, 2.75) is 57.8 Å². The molecule has 1 aliphatic rings. The van der Waals surface area contributed by atoms with Crippen LogP contribution in [0.5, 0.6) is 0 Å². The van der Waals surface area contributed by atoms with Gasteiger partial charge >= 0.3 is 0 Å². The zero-order valence-corrected chi connectivity index (χ0v) is 10.1. The third-order valence-corrected chi connectivity index (χ3v) is 3.03. The van der Waals surface area contributed by atoms with Crippen LogP contribution >= 0.6 is 0 Å². The molecule has 0 radical (unpaired) electrons. The number of hydrazine groups is 1. The molecule has 1 saturated heterocycles. The average molecular weight is 216 g/mol. The van der Waals surface area contributed by atoms with Crippen molar-refractivity contribution in [3.63, 3.8) is 0 Å². The minimum absolute atomic E-state index is 0.0696. The predicted molar refractivity (Wildman–Crippen MR) is 60.4 cm³/mol. The van der Waals surface area contributed by atoms with E-state index in [0.29, 0.717) is 6.61 Å². The summed E-state index contributed by atoms with van der Waals surface area (Å²) in [6.07, 6.45) is 3.63. The van der Waals surface area contributed by atoms with Gasteiger partial charge in [-0.05, 0) is 40.0 Å². The molecule has 0 spiro atoms. The smallest absolute Gasteiger partial charge is 0.0842 e. The Morgan fingerprint density at radius 3 is 2.67 bits per heavy atom. The SMILES string of the molecule is CC(C)OCC(NN)C1(C)CCCCO1. The third kappa shape index (κ3) is 3.72. The summed E-state index contributed by atoms with van der Waals surface area (Å²) in [5, 5.41) is 0. The number of hydrogen-bond acceptors (Lipinski definition) is 4. The van der Waals surface area contributed by atoms with Crippen LogP contribution < -0.4 is 11.3 Å². The summed E-state index contributed by atoms with van der Waals surface area (Å²) in [4.78, 5) is 0. The molecule has 0 aromatic heterocycles. The molecule has 1 heterocycles. The summed E-state index contributed by atoms with van der Waals surface area (Å²) in [6, 6.07) is 0.0696. The Morgan fingerprint density at radius 1 is 1.47 bits per heavy atom. The molecule has 15 heavy (non-hydrogen) atoms. The van der Waals surface area contributed by atoms with Gasteiger partial charge in [-0.3, -0.25) is 11.3 Å². The van der Waals surface area contributed by atoms with E-state index in [1.54, 1.807) is 0 Å². The van der Waals surface area contributed by atoms with Gasteiger partial charge in [0.15, 0.2) is 0 Å². The summed E-state index contributed by atoms with van der Waals surface area (Å²) in [7, 11) is 0. The van der Waals surface area contributed by atoms with Crippen molar-refractivity contribution >= 4 is 0 Å². The van der Waals surface area contributed by atoms with E-state index in [4.69, 9.17) is 15.3 Å². The summed E-state index contributed by atoms with van der Waals surface area (Å²) in [6.45, 7) is 7.59. The highest BCUT2D eigenvalue weighted by Gasteiger charge is 2.36. The van der Waals surface area contributed by atoms with Crippen LogP contribution in [-0.2, 0) is 9.47 Å². The Bertz CT molecular complexity index is 179. The lowest BCUT2D eigenvalue weighted by atomic mass is 9.89. The molecule has 1 aliphatic heterocycles. The summed E-state index contributed by atoms with van der Waals surface area (Å²) in [5.41, 5.74) is 2.64. The fourth-order valence-electron chi connectivity index (χ4n) is 1.92. The molecule has 1 fully saturated rings. The maximum Gasteiger partial charge on any atom is 0.0842 e. The van der Waals surface area contributed by atoms with E-state index < -0.39 is 0 Å². The second-order valence-corrected chi connectivity index (χ2v) is 4.72. The van der Waals surface area contributed by atoms with Gasteiger partial charge in [-0.15, -0.1) is 0 Å². The third-order valence-electron chi connectivity index (χ3n) is 3.03. The summed E-state index contributed by atoms with van der Waals surface area (Å²) >= 11 is 0. The average Bonchev–Trinajstić information content (AvgIpc) is 2.19.